The molecule has 1 aliphatic rings. The third-order valence-electron chi connectivity index (χ3n) is 4.80. The van der Waals surface area contributed by atoms with Gasteiger partial charge in [0, 0.05) is 30.9 Å². The maximum Gasteiger partial charge on any atom is 0.224 e. The van der Waals surface area contributed by atoms with Gasteiger partial charge in [0.25, 0.3) is 0 Å². The minimum atomic E-state index is 0.0273. The van der Waals surface area contributed by atoms with Crippen LogP contribution in [0.1, 0.15) is 25.3 Å². The third kappa shape index (κ3) is 4.79. The fraction of sp³-hybridized carbons (Fsp3) is 0.381. The molecule has 4 nitrogen and oxygen atoms in total. The summed E-state index contributed by atoms with van der Waals surface area (Å²) >= 11 is 3.48. The molecule has 1 fully saturated rings. The largest absolute Gasteiger partial charge is 0.496 e. The van der Waals surface area contributed by atoms with Crippen LogP contribution in [0.2, 0.25) is 0 Å². The highest BCUT2D eigenvalue weighted by molar-refractivity contribution is 9.10. The maximum atomic E-state index is 12.2. The van der Waals surface area contributed by atoms with Crippen LogP contribution < -0.4 is 15.0 Å². The molecule has 1 aliphatic heterocycles. The monoisotopic (exact) mass is 416 g/mol. The second-order valence-corrected chi connectivity index (χ2v) is 7.76. The van der Waals surface area contributed by atoms with Gasteiger partial charge in [-0.3, -0.25) is 4.79 Å². The van der Waals surface area contributed by atoms with Gasteiger partial charge in [0.05, 0.1) is 11.6 Å². The van der Waals surface area contributed by atoms with Crippen LogP contribution in [0.3, 0.4) is 0 Å². The van der Waals surface area contributed by atoms with Gasteiger partial charge in [-0.05, 0) is 76.7 Å². The summed E-state index contributed by atoms with van der Waals surface area (Å²) < 4.78 is 6.13. The average Bonchev–Trinajstić information content (AvgIpc) is 3.07. The van der Waals surface area contributed by atoms with Gasteiger partial charge in [-0.25, -0.2) is 0 Å². The van der Waals surface area contributed by atoms with Crippen molar-refractivity contribution < 1.29 is 9.53 Å². The van der Waals surface area contributed by atoms with Crippen molar-refractivity contribution in [2.45, 2.75) is 26.2 Å². The molecule has 1 amide bonds. The number of hydrogen-bond donors (Lipinski definition) is 1. The molecule has 0 bridgehead atoms. The van der Waals surface area contributed by atoms with Crippen LogP contribution in [0.25, 0.3) is 0 Å². The van der Waals surface area contributed by atoms with E-state index in [1.54, 1.807) is 7.11 Å². The van der Waals surface area contributed by atoms with Gasteiger partial charge in [0.15, 0.2) is 0 Å². The van der Waals surface area contributed by atoms with Crippen molar-refractivity contribution in [2.75, 3.05) is 30.4 Å². The molecule has 3 rings (SSSR count). The smallest absolute Gasteiger partial charge is 0.224 e. The van der Waals surface area contributed by atoms with E-state index >= 15 is 0 Å². The third-order valence-corrected chi connectivity index (χ3v) is 5.42. The predicted octanol–water partition coefficient (Wildman–Crippen LogP) is 4.88. The summed E-state index contributed by atoms with van der Waals surface area (Å²) in [6.45, 7) is 4.52. The summed E-state index contributed by atoms with van der Waals surface area (Å²) in [5.41, 5.74) is 3.18. The van der Waals surface area contributed by atoms with E-state index in [-0.39, 0.29) is 5.91 Å². The number of carbonyl (C=O) groups is 1. The molecule has 5 heteroatoms. The van der Waals surface area contributed by atoms with Crippen molar-refractivity contribution in [1.82, 2.24) is 0 Å². The molecule has 0 aromatic heterocycles. The first-order valence-electron chi connectivity index (χ1n) is 9.02. The number of benzene rings is 2. The van der Waals surface area contributed by atoms with Crippen LogP contribution >= 0.6 is 15.9 Å². The Morgan fingerprint density at radius 1 is 1.27 bits per heavy atom. The number of carbonyl (C=O) groups excluding carboxylic acids is 1. The Labute approximate surface area is 163 Å². The molecule has 138 valence electrons. The highest BCUT2D eigenvalue weighted by Gasteiger charge is 2.18. The van der Waals surface area contributed by atoms with Crippen LogP contribution in [0, 0.1) is 5.92 Å². The summed E-state index contributed by atoms with van der Waals surface area (Å²) in [4.78, 5) is 14.6. The molecule has 2 aromatic rings. The van der Waals surface area contributed by atoms with Gasteiger partial charge in [-0.2, -0.15) is 0 Å². The Bertz CT molecular complexity index is 761. The first kappa shape index (κ1) is 18.8. The van der Waals surface area contributed by atoms with E-state index in [1.807, 2.05) is 30.3 Å². The molecule has 1 N–H and O–H groups in total. The molecule has 0 radical (unpaired) electrons. The Morgan fingerprint density at radius 2 is 2.04 bits per heavy atom. The van der Waals surface area contributed by atoms with Gasteiger partial charge < -0.3 is 15.0 Å². The fourth-order valence-electron chi connectivity index (χ4n) is 3.27. The summed E-state index contributed by atoms with van der Waals surface area (Å²) in [7, 11) is 1.64. The Kier molecular flexibility index (Phi) is 6.20. The van der Waals surface area contributed by atoms with Crippen LogP contribution in [0.5, 0.6) is 5.75 Å². The van der Waals surface area contributed by atoms with Gasteiger partial charge in [0.2, 0.25) is 5.91 Å². The molecular formula is C21H25BrN2O2. The maximum absolute atomic E-state index is 12.2. The highest BCUT2D eigenvalue weighted by Crippen LogP contribution is 2.26. The molecule has 26 heavy (non-hydrogen) atoms. The number of amides is 1. The predicted molar refractivity (Wildman–Crippen MR) is 110 cm³/mol. The fourth-order valence-corrected chi connectivity index (χ4v) is 3.86. The Hall–Kier alpha value is -2.01. The zero-order valence-corrected chi connectivity index (χ0v) is 16.9. The number of methoxy groups -OCH3 is 1. The lowest BCUT2D eigenvalue weighted by atomic mass is 10.1. The van der Waals surface area contributed by atoms with Gasteiger partial charge in [0.1, 0.15) is 5.75 Å². The van der Waals surface area contributed by atoms with Gasteiger partial charge >= 0.3 is 0 Å². The minimum Gasteiger partial charge on any atom is -0.496 e. The van der Waals surface area contributed by atoms with Crippen molar-refractivity contribution in [3.63, 3.8) is 0 Å². The number of nitrogens with zero attached hydrogens (tertiary/aromatic N) is 1. The summed E-state index contributed by atoms with van der Waals surface area (Å²) in [6.07, 6.45) is 2.39. The lowest BCUT2D eigenvalue weighted by Crippen LogP contribution is -2.19. The standard InChI is InChI=1S/C21H25BrN2O2/c1-15-11-12-24(14-15)18-7-5-17(6-8-18)23-21(25)10-4-16-3-9-20(26-2)19(22)13-16/h3,5-9,13,15H,4,10-12,14H2,1-2H3,(H,23,25). The van der Waals surface area contributed by atoms with E-state index in [4.69, 9.17) is 4.74 Å². The zero-order valence-electron chi connectivity index (χ0n) is 15.3. The van der Waals surface area contributed by atoms with Crippen molar-refractivity contribution in [3.8, 4) is 5.75 Å². The molecule has 1 unspecified atom stereocenters. The van der Waals surface area contributed by atoms with Crippen molar-refractivity contribution >= 4 is 33.2 Å². The van der Waals surface area contributed by atoms with E-state index in [2.05, 4.69) is 45.2 Å². The second-order valence-electron chi connectivity index (χ2n) is 6.90. The Morgan fingerprint density at radius 3 is 2.65 bits per heavy atom. The van der Waals surface area contributed by atoms with Crippen LogP contribution in [0.15, 0.2) is 46.9 Å². The zero-order chi connectivity index (χ0) is 18.5. The molecule has 0 aliphatic carbocycles. The van der Waals surface area contributed by atoms with E-state index < -0.39 is 0 Å². The number of anilines is 2. The first-order valence-corrected chi connectivity index (χ1v) is 9.81. The number of halogens is 1. The van der Waals surface area contributed by atoms with Crippen molar-refractivity contribution in [2.24, 2.45) is 5.92 Å². The number of aryl methyl sites for hydroxylation is 1. The highest BCUT2D eigenvalue weighted by atomic mass is 79.9. The number of ether oxygens (including phenoxy) is 1. The molecular weight excluding hydrogens is 392 g/mol. The quantitative estimate of drug-likeness (QED) is 0.729. The first-order chi connectivity index (χ1) is 12.5. The molecule has 0 spiro atoms. The van der Waals surface area contributed by atoms with E-state index in [1.165, 1.54) is 12.1 Å². The number of nitrogens with one attached hydrogen (secondary N) is 1. The summed E-state index contributed by atoms with van der Waals surface area (Å²) in [6, 6.07) is 14.1. The van der Waals surface area contributed by atoms with Gasteiger partial charge in [-0.1, -0.05) is 13.0 Å². The average molecular weight is 417 g/mol. The van der Waals surface area contributed by atoms with Crippen LogP contribution in [-0.2, 0) is 11.2 Å². The second kappa shape index (κ2) is 8.58. The molecule has 0 saturated carbocycles. The molecule has 1 atom stereocenters. The number of rotatable bonds is 6. The van der Waals surface area contributed by atoms with Crippen LogP contribution in [-0.4, -0.2) is 26.1 Å². The minimum absolute atomic E-state index is 0.0273. The molecule has 2 aromatic carbocycles. The van der Waals surface area contributed by atoms with Crippen molar-refractivity contribution in [1.29, 1.82) is 0 Å². The van der Waals surface area contributed by atoms with E-state index in [0.717, 1.165) is 40.5 Å². The van der Waals surface area contributed by atoms with Crippen molar-refractivity contribution in [3.05, 3.63) is 52.5 Å². The Balaban J connectivity index is 1.51. The lowest BCUT2D eigenvalue weighted by molar-refractivity contribution is -0.116. The van der Waals surface area contributed by atoms with Gasteiger partial charge in [-0.15, -0.1) is 0 Å². The topological polar surface area (TPSA) is 41.6 Å². The van der Waals surface area contributed by atoms with E-state index in [0.29, 0.717) is 12.8 Å². The normalized spacial score (nSPS) is 16.6. The molecule has 1 saturated heterocycles. The van der Waals surface area contributed by atoms with E-state index in [9.17, 15) is 4.79 Å². The molecule has 1 heterocycles. The number of hydrogen-bond acceptors (Lipinski definition) is 3. The summed E-state index contributed by atoms with van der Waals surface area (Å²) in [5, 5.41) is 2.98. The SMILES string of the molecule is COc1ccc(CCC(=O)Nc2ccc(N3CCC(C)C3)cc2)cc1Br. The lowest BCUT2D eigenvalue weighted by Gasteiger charge is -2.18. The van der Waals surface area contributed by atoms with Crippen LogP contribution in [0.4, 0.5) is 11.4 Å². The summed E-state index contributed by atoms with van der Waals surface area (Å²) in [5.74, 6) is 1.58.